The van der Waals surface area contributed by atoms with Crippen molar-refractivity contribution in [1.29, 1.82) is 0 Å². The van der Waals surface area contributed by atoms with E-state index < -0.39 is 97.5 Å². The fourth-order valence-electron chi connectivity index (χ4n) is 12.2. The molecule has 6 atom stereocenters. The smallest absolute Gasteiger partial charge is 0.462 e. The fraction of sp³-hybridized carbons (Fsp3) is 0.949. The number of phosphoric ester groups is 2. The summed E-state index contributed by atoms with van der Waals surface area (Å²) in [5.74, 6) is -0.540. The molecule has 0 bridgehead atoms. The molecule has 0 aliphatic rings. The number of hydrogen-bond acceptors (Lipinski definition) is 15. The van der Waals surface area contributed by atoms with Crippen molar-refractivity contribution < 1.29 is 80.2 Å². The lowest BCUT2D eigenvalue weighted by Crippen LogP contribution is -2.30. The number of esters is 4. The Labute approximate surface area is 600 Å². The summed E-state index contributed by atoms with van der Waals surface area (Å²) >= 11 is 0. The fourth-order valence-corrected chi connectivity index (χ4v) is 13.7. The molecule has 0 aromatic rings. The highest BCUT2D eigenvalue weighted by atomic mass is 31.2. The zero-order chi connectivity index (χ0) is 72.1. The first-order chi connectivity index (χ1) is 47.4. The standard InChI is InChI=1S/C79H154O17P2/c1-7-10-12-14-16-18-20-22-23-24-25-29-34-38-46-52-58-64-79(84)95-74(67-89-76(81)61-55-49-43-36-32-30-26-28-31-35-41-47-53-59-71(4)5)69-93-97(85,86)91-65-73(80)66-92-98(87,88)94-70-75(68-90-77(82)62-56-50-44-40-39-42-48-54-60-72(6)9-3)96-78(83)63-57-51-45-37-33-27-21-19-17-15-13-11-8-2/h71-75,80H,7-70H2,1-6H3,(H,85,86)(H,87,88)/t72?,73-,74-,75-/m1/s1. The van der Waals surface area contributed by atoms with E-state index in [1.807, 2.05) is 0 Å². The van der Waals surface area contributed by atoms with Crippen LogP contribution in [0, 0.1) is 11.8 Å². The molecule has 0 rings (SSSR count). The number of hydrogen-bond donors (Lipinski definition) is 3. The van der Waals surface area contributed by atoms with Crippen LogP contribution < -0.4 is 0 Å². The van der Waals surface area contributed by atoms with Gasteiger partial charge in [0.05, 0.1) is 26.4 Å². The molecule has 98 heavy (non-hydrogen) atoms. The van der Waals surface area contributed by atoms with Crippen molar-refractivity contribution >= 4 is 39.5 Å². The van der Waals surface area contributed by atoms with Crippen LogP contribution >= 0.6 is 15.6 Å². The summed E-state index contributed by atoms with van der Waals surface area (Å²) in [4.78, 5) is 73.0. The van der Waals surface area contributed by atoms with Crippen LogP contribution in [0.1, 0.15) is 414 Å². The summed E-state index contributed by atoms with van der Waals surface area (Å²) in [5, 5.41) is 10.6. The second kappa shape index (κ2) is 70.7. The first-order valence-corrected chi connectivity index (χ1v) is 44.0. The summed E-state index contributed by atoms with van der Waals surface area (Å²) < 4.78 is 68.7. The van der Waals surface area contributed by atoms with Crippen molar-refractivity contribution in [3.8, 4) is 0 Å². The lowest BCUT2D eigenvalue weighted by Gasteiger charge is -2.21. The Bertz CT molecular complexity index is 1890. The first-order valence-electron chi connectivity index (χ1n) is 41.0. The molecule has 0 amide bonds. The Kier molecular flexibility index (Phi) is 69.3. The second-order valence-corrected chi connectivity index (χ2v) is 32.1. The van der Waals surface area contributed by atoms with E-state index in [9.17, 15) is 43.2 Å². The molecule has 0 fully saturated rings. The number of ether oxygens (including phenoxy) is 4. The second-order valence-electron chi connectivity index (χ2n) is 29.2. The zero-order valence-corrected chi connectivity index (χ0v) is 65.9. The molecule has 17 nitrogen and oxygen atoms in total. The average Bonchev–Trinajstić information content (AvgIpc) is 1.29. The molecule has 0 aliphatic carbocycles. The van der Waals surface area contributed by atoms with E-state index in [4.69, 9.17) is 37.0 Å². The molecule has 3 N–H and O–H groups in total. The van der Waals surface area contributed by atoms with E-state index in [-0.39, 0.29) is 25.7 Å². The molecule has 0 aromatic heterocycles. The summed E-state index contributed by atoms with van der Waals surface area (Å²) in [5.41, 5.74) is 0. The third-order valence-electron chi connectivity index (χ3n) is 18.8. The minimum atomic E-state index is -4.96. The van der Waals surface area contributed by atoms with Gasteiger partial charge in [0.25, 0.3) is 0 Å². The van der Waals surface area contributed by atoms with E-state index in [2.05, 4.69) is 41.5 Å². The minimum absolute atomic E-state index is 0.107. The Morgan fingerprint density at radius 1 is 0.296 bits per heavy atom. The summed E-state index contributed by atoms with van der Waals surface area (Å²) in [7, 11) is -9.92. The van der Waals surface area contributed by atoms with Crippen LogP contribution in [0.25, 0.3) is 0 Å². The molecule has 19 heteroatoms. The largest absolute Gasteiger partial charge is 0.472 e. The van der Waals surface area contributed by atoms with Gasteiger partial charge in [0, 0.05) is 25.7 Å². The van der Waals surface area contributed by atoms with Gasteiger partial charge >= 0.3 is 39.5 Å². The average molecular weight is 1440 g/mol. The van der Waals surface area contributed by atoms with Gasteiger partial charge in [0.1, 0.15) is 19.3 Å². The number of carbonyl (C=O) groups excluding carboxylic acids is 4. The van der Waals surface area contributed by atoms with E-state index >= 15 is 0 Å². The maximum atomic E-state index is 13.1. The summed E-state index contributed by atoms with van der Waals surface area (Å²) in [6.45, 7) is 9.65. The number of unbranched alkanes of at least 4 members (excludes halogenated alkanes) is 47. The minimum Gasteiger partial charge on any atom is -0.462 e. The van der Waals surface area contributed by atoms with Crippen molar-refractivity contribution in [2.45, 2.75) is 432 Å². The van der Waals surface area contributed by atoms with Gasteiger partial charge in [-0.25, -0.2) is 9.13 Å². The van der Waals surface area contributed by atoms with E-state index in [0.717, 1.165) is 102 Å². The molecule has 0 saturated carbocycles. The Morgan fingerprint density at radius 3 is 0.776 bits per heavy atom. The highest BCUT2D eigenvalue weighted by molar-refractivity contribution is 7.47. The number of phosphoric acid groups is 2. The number of carbonyl (C=O) groups is 4. The molecule has 0 aromatic carbocycles. The van der Waals surface area contributed by atoms with E-state index in [0.29, 0.717) is 25.7 Å². The maximum absolute atomic E-state index is 13.1. The highest BCUT2D eigenvalue weighted by Crippen LogP contribution is 2.45. The summed E-state index contributed by atoms with van der Waals surface area (Å²) in [6.07, 6.45) is 59.5. The predicted molar refractivity (Wildman–Crippen MR) is 400 cm³/mol. The molecule has 0 spiro atoms. The zero-order valence-electron chi connectivity index (χ0n) is 64.1. The van der Waals surface area contributed by atoms with Gasteiger partial charge in [-0.05, 0) is 37.5 Å². The van der Waals surface area contributed by atoms with Crippen LogP contribution in [0.3, 0.4) is 0 Å². The summed E-state index contributed by atoms with van der Waals surface area (Å²) in [6, 6.07) is 0. The predicted octanol–water partition coefficient (Wildman–Crippen LogP) is 23.5. The SMILES string of the molecule is CCCCCCCCCCCCCCCCCCCC(=O)O[C@H](COC(=O)CCCCCCCCCCCCCCCC(C)C)COP(=O)(O)OC[C@@H](O)COP(=O)(O)OC[C@@H](COC(=O)CCCCCCCCCCC(C)CC)OC(=O)CCCCCCCCCCCCCCC. The van der Waals surface area contributed by atoms with Crippen LogP contribution in [0.5, 0.6) is 0 Å². The Balaban J connectivity index is 5.26. The molecule has 0 heterocycles. The van der Waals surface area contributed by atoms with Gasteiger partial charge in [-0.3, -0.25) is 37.3 Å². The van der Waals surface area contributed by atoms with Crippen molar-refractivity contribution in [2.75, 3.05) is 39.6 Å². The van der Waals surface area contributed by atoms with Crippen LogP contribution in [0.15, 0.2) is 0 Å². The van der Waals surface area contributed by atoms with E-state index in [1.54, 1.807) is 0 Å². The van der Waals surface area contributed by atoms with Gasteiger partial charge < -0.3 is 33.8 Å². The van der Waals surface area contributed by atoms with E-state index in [1.165, 1.54) is 231 Å². The molecule has 3 unspecified atom stereocenters. The van der Waals surface area contributed by atoms with Crippen molar-refractivity contribution in [1.82, 2.24) is 0 Å². The van der Waals surface area contributed by atoms with Crippen molar-refractivity contribution in [3.05, 3.63) is 0 Å². The van der Waals surface area contributed by atoms with Crippen LogP contribution in [0.2, 0.25) is 0 Å². The van der Waals surface area contributed by atoms with Crippen LogP contribution in [-0.2, 0) is 65.4 Å². The number of aliphatic hydroxyl groups is 1. The molecule has 582 valence electrons. The molecule has 0 saturated heterocycles. The van der Waals surface area contributed by atoms with Crippen molar-refractivity contribution in [3.63, 3.8) is 0 Å². The quantitative estimate of drug-likeness (QED) is 0.0222. The van der Waals surface area contributed by atoms with Gasteiger partial charge in [-0.2, -0.15) is 0 Å². The monoisotopic (exact) mass is 1440 g/mol. The number of aliphatic hydroxyl groups excluding tert-OH is 1. The molecule has 0 aliphatic heterocycles. The molecule has 0 radical (unpaired) electrons. The maximum Gasteiger partial charge on any atom is 0.472 e. The van der Waals surface area contributed by atoms with Gasteiger partial charge in [-0.1, -0.05) is 363 Å². The van der Waals surface area contributed by atoms with Crippen molar-refractivity contribution in [2.24, 2.45) is 11.8 Å². The Hall–Kier alpha value is -1.94. The lowest BCUT2D eigenvalue weighted by atomic mass is 9.99. The normalized spacial score (nSPS) is 14.2. The van der Waals surface area contributed by atoms with Crippen LogP contribution in [0.4, 0.5) is 0 Å². The molecular weight excluding hydrogens is 1280 g/mol. The number of rotatable bonds is 78. The lowest BCUT2D eigenvalue weighted by molar-refractivity contribution is -0.161. The Morgan fingerprint density at radius 2 is 0.520 bits per heavy atom. The van der Waals surface area contributed by atoms with Crippen LogP contribution in [-0.4, -0.2) is 96.7 Å². The highest BCUT2D eigenvalue weighted by Gasteiger charge is 2.30. The topological polar surface area (TPSA) is 237 Å². The third-order valence-corrected chi connectivity index (χ3v) is 20.7. The van der Waals surface area contributed by atoms with Gasteiger partial charge in [0.15, 0.2) is 12.2 Å². The first kappa shape index (κ1) is 96.1. The third kappa shape index (κ3) is 71.1. The van der Waals surface area contributed by atoms with Gasteiger partial charge in [0.2, 0.25) is 0 Å². The van der Waals surface area contributed by atoms with Gasteiger partial charge in [-0.15, -0.1) is 0 Å². The molecular formula is C79H154O17P2.